The quantitative estimate of drug-likeness (QED) is 0.614. The molecule has 0 bridgehead atoms. The molecule has 1 aromatic heterocycles. The van der Waals surface area contributed by atoms with Crippen LogP contribution in [-0.4, -0.2) is 37.8 Å². The minimum atomic E-state index is -3.29. The SMILES string of the molecule is COc1cccc(C(F)(F)CN=C(N)Nc2ccc3c(c2)OCCCO3)n1. The highest BCUT2D eigenvalue weighted by molar-refractivity contribution is 5.92. The molecule has 1 aromatic carbocycles. The fourth-order valence-corrected chi connectivity index (χ4v) is 2.43. The summed E-state index contributed by atoms with van der Waals surface area (Å²) < 4.78 is 44.6. The molecule has 0 saturated carbocycles. The van der Waals surface area contributed by atoms with E-state index in [9.17, 15) is 8.78 Å². The zero-order valence-electron chi connectivity index (χ0n) is 14.7. The number of nitrogens with zero attached hydrogens (tertiary/aromatic N) is 2. The highest BCUT2D eigenvalue weighted by Crippen LogP contribution is 2.32. The molecule has 7 nitrogen and oxygen atoms in total. The fourth-order valence-electron chi connectivity index (χ4n) is 2.43. The number of methoxy groups -OCH3 is 1. The highest BCUT2D eigenvalue weighted by Gasteiger charge is 2.33. The van der Waals surface area contributed by atoms with Crippen LogP contribution >= 0.6 is 0 Å². The Balaban J connectivity index is 1.67. The Kier molecular flexibility index (Phi) is 5.58. The second kappa shape index (κ2) is 8.07. The van der Waals surface area contributed by atoms with Crippen LogP contribution in [0, 0.1) is 0 Å². The van der Waals surface area contributed by atoms with E-state index in [1.165, 1.54) is 25.3 Å². The number of ether oxygens (including phenoxy) is 3. The first-order valence-electron chi connectivity index (χ1n) is 8.34. The van der Waals surface area contributed by atoms with E-state index < -0.39 is 18.2 Å². The summed E-state index contributed by atoms with van der Waals surface area (Å²) in [7, 11) is 1.36. The summed E-state index contributed by atoms with van der Waals surface area (Å²) >= 11 is 0. The number of hydrogen-bond donors (Lipinski definition) is 2. The first kappa shape index (κ1) is 18.7. The maximum Gasteiger partial charge on any atom is 0.309 e. The number of nitrogens with one attached hydrogen (secondary N) is 1. The Labute approximate surface area is 155 Å². The van der Waals surface area contributed by atoms with Gasteiger partial charge in [0.1, 0.15) is 12.2 Å². The summed E-state index contributed by atoms with van der Waals surface area (Å²) in [4.78, 5) is 7.48. The van der Waals surface area contributed by atoms with E-state index >= 15 is 0 Å². The van der Waals surface area contributed by atoms with Gasteiger partial charge in [-0.15, -0.1) is 0 Å². The van der Waals surface area contributed by atoms with Crippen molar-refractivity contribution in [1.82, 2.24) is 4.98 Å². The summed E-state index contributed by atoms with van der Waals surface area (Å²) in [5.74, 6) is -2.13. The number of nitrogens with two attached hydrogens (primary N) is 1. The van der Waals surface area contributed by atoms with Crippen molar-refractivity contribution < 1.29 is 23.0 Å². The molecule has 0 radical (unpaired) electrons. The van der Waals surface area contributed by atoms with Crippen molar-refractivity contribution in [3.63, 3.8) is 0 Å². The van der Waals surface area contributed by atoms with Gasteiger partial charge in [0.25, 0.3) is 0 Å². The standard InChI is InChI=1S/C18H20F2N4O3/c1-25-16-5-2-4-15(24-16)18(19,20)11-22-17(21)23-12-6-7-13-14(10-12)27-9-3-8-26-13/h2,4-7,10H,3,8-9,11H2,1H3,(H3,21,22,23). The van der Waals surface area contributed by atoms with Gasteiger partial charge in [0, 0.05) is 24.2 Å². The number of alkyl halides is 2. The van der Waals surface area contributed by atoms with Crippen molar-refractivity contribution in [1.29, 1.82) is 0 Å². The van der Waals surface area contributed by atoms with Crippen LogP contribution in [0.4, 0.5) is 14.5 Å². The lowest BCUT2D eigenvalue weighted by Crippen LogP contribution is -2.27. The van der Waals surface area contributed by atoms with Crippen molar-refractivity contribution >= 4 is 11.6 Å². The third kappa shape index (κ3) is 4.75. The Morgan fingerprint density at radius 1 is 1.26 bits per heavy atom. The van der Waals surface area contributed by atoms with E-state index in [2.05, 4.69) is 15.3 Å². The minimum Gasteiger partial charge on any atom is -0.490 e. The first-order chi connectivity index (χ1) is 13.0. The molecule has 3 rings (SSSR count). The van der Waals surface area contributed by atoms with Crippen LogP contribution in [0.3, 0.4) is 0 Å². The van der Waals surface area contributed by atoms with Gasteiger partial charge in [-0.05, 0) is 18.2 Å². The first-order valence-corrected chi connectivity index (χ1v) is 8.34. The van der Waals surface area contributed by atoms with Gasteiger partial charge in [0.2, 0.25) is 5.88 Å². The second-order valence-electron chi connectivity index (χ2n) is 5.81. The summed E-state index contributed by atoms with van der Waals surface area (Å²) in [6.07, 6.45) is 0.786. The molecule has 27 heavy (non-hydrogen) atoms. The molecule has 3 N–H and O–H groups in total. The molecule has 0 atom stereocenters. The predicted molar refractivity (Wildman–Crippen MR) is 96.8 cm³/mol. The van der Waals surface area contributed by atoms with Gasteiger partial charge in [-0.1, -0.05) is 6.07 Å². The van der Waals surface area contributed by atoms with E-state index in [4.69, 9.17) is 19.9 Å². The van der Waals surface area contributed by atoms with E-state index in [1.54, 1.807) is 18.2 Å². The van der Waals surface area contributed by atoms with Crippen LogP contribution in [0.15, 0.2) is 41.4 Å². The molecule has 1 aliphatic rings. The molecule has 0 amide bonds. The molecule has 0 unspecified atom stereocenters. The third-order valence-corrected chi connectivity index (χ3v) is 3.78. The number of aliphatic imine (C=N–C) groups is 1. The van der Waals surface area contributed by atoms with Crippen LogP contribution in [0.1, 0.15) is 12.1 Å². The smallest absolute Gasteiger partial charge is 0.309 e. The monoisotopic (exact) mass is 378 g/mol. The van der Waals surface area contributed by atoms with E-state index in [0.29, 0.717) is 30.4 Å². The molecule has 2 heterocycles. The van der Waals surface area contributed by atoms with Crippen LogP contribution in [0.5, 0.6) is 17.4 Å². The number of halogens is 2. The van der Waals surface area contributed by atoms with Crippen LogP contribution in [0.25, 0.3) is 0 Å². The number of hydrogen-bond acceptors (Lipinski definition) is 5. The summed E-state index contributed by atoms with van der Waals surface area (Å²) in [5, 5.41) is 2.77. The minimum absolute atomic E-state index is 0.106. The number of guanidine groups is 1. The molecule has 0 fully saturated rings. The van der Waals surface area contributed by atoms with Gasteiger partial charge in [-0.3, -0.25) is 0 Å². The van der Waals surface area contributed by atoms with E-state index in [0.717, 1.165) is 6.42 Å². The van der Waals surface area contributed by atoms with Gasteiger partial charge in [0.15, 0.2) is 17.5 Å². The number of rotatable bonds is 5. The average molecular weight is 378 g/mol. The second-order valence-corrected chi connectivity index (χ2v) is 5.81. The molecule has 9 heteroatoms. The maximum absolute atomic E-state index is 14.3. The van der Waals surface area contributed by atoms with Crippen molar-refractivity contribution in [2.75, 3.05) is 32.2 Å². The van der Waals surface area contributed by atoms with Gasteiger partial charge >= 0.3 is 5.92 Å². The van der Waals surface area contributed by atoms with E-state index in [-0.39, 0.29) is 11.8 Å². The third-order valence-electron chi connectivity index (χ3n) is 3.78. The Morgan fingerprint density at radius 3 is 2.81 bits per heavy atom. The Morgan fingerprint density at radius 2 is 2.04 bits per heavy atom. The lowest BCUT2D eigenvalue weighted by atomic mass is 10.2. The zero-order valence-corrected chi connectivity index (χ0v) is 14.7. The summed E-state index contributed by atoms with van der Waals surface area (Å²) in [6.45, 7) is 0.271. The lowest BCUT2D eigenvalue weighted by molar-refractivity contribution is 0.00147. The molecule has 0 saturated heterocycles. The van der Waals surface area contributed by atoms with E-state index in [1.807, 2.05) is 0 Å². The molecule has 1 aliphatic heterocycles. The highest BCUT2D eigenvalue weighted by atomic mass is 19.3. The fraction of sp³-hybridized carbons (Fsp3) is 0.333. The van der Waals surface area contributed by atoms with Crippen LogP contribution in [0.2, 0.25) is 0 Å². The molecular weight excluding hydrogens is 358 g/mol. The van der Waals surface area contributed by atoms with Gasteiger partial charge in [-0.25, -0.2) is 9.98 Å². The normalized spacial score (nSPS) is 14.4. The number of aromatic nitrogens is 1. The van der Waals surface area contributed by atoms with Gasteiger partial charge in [-0.2, -0.15) is 8.78 Å². The van der Waals surface area contributed by atoms with Crippen LogP contribution < -0.4 is 25.3 Å². The average Bonchev–Trinajstić information content (AvgIpc) is 2.91. The number of anilines is 1. The molecule has 0 aliphatic carbocycles. The van der Waals surface area contributed by atoms with Gasteiger partial charge in [0.05, 0.1) is 20.3 Å². The Bertz CT molecular complexity index is 830. The van der Waals surface area contributed by atoms with Crippen molar-refractivity contribution in [2.24, 2.45) is 10.7 Å². The lowest BCUT2D eigenvalue weighted by Gasteiger charge is -2.15. The topological polar surface area (TPSA) is 91.0 Å². The predicted octanol–water partition coefficient (Wildman–Crippen LogP) is 2.77. The summed E-state index contributed by atoms with van der Waals surface area (Å²) in [5.41, 5.74) is 5.86. The molecule has 144 valence electrons. The molecule has 0 spiro atoms. The zero-order chi connectivity index (χ0) is 19.3. The molecule has 2 aromatic rings. The molecular formula is C18H20F2N4O3. The maximum atomic E-state index is 14.3. The van der Waals surface area contributed by atoms with Crippen molar-refractivity contribution in [3.05, 3.63) is 42.1 Å². The number of pyridine rings is 1. The largest absolute Gasteiger partial charge is 0.490 e. The number of fused-ring (bicyclic) bond motifs is 1. The van der Waals surface area contributed by atoms with Crippen LogP contribution in [-0.2, 0) is 5.92 Å². The number of benzene rings is 1. The van der Waals surface area contributed by atoms with Crippen molar-refractivity contribution in [2.45, 2.75) is 12.3 Å². The van der Waals surface area contributed by atoms with Crippen molar-refractivity contribution in [3.8, 4) is 17.4 Å². The Hall–Kier alpha value is -3.10. The summed E-state index contributed by atoms with van der Waals surface area (Å²) in [6, 6.07) is 9.26. The van der Waals surface area contributed by atoms with Gasteiger partial charge < -0.3 is 25.3 Å².